The molecular weight excluding hydrogens is 329 g/mol. The van der Waals surface area contributed by atoms with Gasteiger partial charge in [-0.25, -0.2) is 12.8 Å². The van der Waals surface area contributed by atoms with E-state index in [1.54, 1.807) is 12.1 Å². The predicted molar refractivity (Wildman–Crippen MR) is 89.2 cm³/mol. The number of allylic oxidation sites excluding steroid dienone is 2. The van der Waals surface area contributed by atoms with Crippen molar-refractivity contribution < 1.29 is 12.8 Å². The van der Waals surface area contributed by atoms with Crippen LogP contribution >= 0.6 is 0 Å². The van der Waals surface area contributed by atoms with Crippen LogP contribution in [0.4, 0.5) is 10.1 Å². The van der Waals surface area contributed by atoms with Crippen LogP contribution in [0.1, 0.15) is 36.9 Å². The zero-order valence-corrected chi connectivity index (χ0v) is 13.7. The third-order valence-corrected chi connectivity index (χ3v) is 5.29. The van der Waals surface area contributed by atoms with Crippen LogP contribution in [0.5, 0.6) is 0 Å². The first-order chi connectivity index (χ1) is 11.5. The third-order valence-electron chi connectivity index (χ3n) is 3.95. The summed E-state index contributed by atoms with van der Waals surface area (Å²) in [5, 5.41) is 8.73. The molecule has 7 heteroatoms. The SMILES string of the molecule is N#Cc1ccc(NS(=O)(=O)c2c[nH]c(C3=CCCCC3)c2)c(F)c1. The number of nitrogens with zero attached hydrogens (tertiary/aromatic N) is 1. The Kier molecular flexibility index (Phi) is 4.40. The average Bonchev–Trinajstić information content (AvgIpc) is 3.08. The molecule has 0 aliphatic heterocycles. The second-order valence-electron chi connectivity index (χ2n) is 5.64. The Hall–Kier alpha value is -2.59. The number of anilines is 1. The molecule has 0 saturated heterocycles. The number of nitriles is 1. The van der Waals surface area contributed by atoms with E-state index in [0.717, 1.165) is 43.0 Å². The minimum atomic E-state index is -3.90. The molecule has 1 heterocycles. The highest BCUT2D eigenvalue weighted by Gasteiger charge is 2.19. The van der Waals surface area contributed by atoms with Crippen molar-refractivity contribution in [3.8, 4) is 6.07 Å². The molecular formula is C17H16FN3O2S. The van der Waals surface area contributed by atoms with Gasteiger partial charge in [0, 0.05) is 11.9 Å². The summed E-state index contributed by atoms with van der Waals surface area (Å²) in [7, 11) is -3.90. The molecule has 2 N–H and O–H groups in total. The van der Waals surface area contributed by atoms with Gasteiger partial charge in [-0.2, -0.15) is 5.26 Å². The second-order valence-corrected chi connectivity index (χ2v) is 7.32. The van der Waals surface area contributed by atoms with Gasteiger partial charge in [0.2, 0.25) is 0 Å². The molecule has 0 fully saturated rings. The van der Waals surface area contributed by atoms with Crippen LogP contribution < -0.4 is 4.72 Å². The zero-order valence-electron chi connectivity index (χ0n) is 12.8. The Bertz CT molecular complexity index is 939. The molecule has 5 nitrogen and oxygen atoms in total. The molecule has 3 rings (SSSR count). The van der Waals surface area contributed by atoms with E-state index in [2.05, 4.69) is 15.8 Å². The van der Waals surface area contributed by atoms with Gasteiger partial charge in [-0.1, -0.05) is 6.08 Å². The van der Waals surface area contributed by atoms with Gasteiger partial charge in [0.15, 0.2) is 0 Å². The lowest BCUT2D eigenvalue weighted by molar-refractivity contribution is 0.598. The molecule has 2 aromatic rings. The maximum absolute atomic E-state index is 13.9. The monoisotopic (exact) mass is 345 g/mol. The van der Waals surface area contributed by atoms with Gasteiger partial charge in [0.05, 0.1) is 17.3 Å². The number of sulfonamides is 1. The lowest BCUT2D eigenvalue weighted by Crippen LogP contribution is -2.13. The fourth-order valence-corrected chi connectivity index (χ4v) is 3.73. The van der Waals surface area contributed by atoms with Crippen molar-refractivity contribution in [2.75, 3.05) is 4.72 Å². The van der Waals surface area contributed by atoms with E-state index >= 15 is 0 Å². The predicted octanol–water partition coefficient (Wildman–Crippen LogP) is 3.78. The summed E-state index contributed by atoms with van der Waals surface area (Å²) in [6, 6.07) is 6.95. The molecule has 0 saturated carbocycles. The number of hydrogen-bond acceptors (Lipinski definition) is 3. The molecule has 0 spiro atoms. The van der Waals surface area contributed by atoms with Crippen LogP contribution in [0.25, 0.3) is 5.57 Å². The standard InChI is InChI=1S/C17H16FN3O2S/c18-15-8-12(10-19)6-7-16(15)21-24(22,23)14-9-17(20-11-14)13-4-2-1-3-5-13/h4,6-9,11,20-21H,1-3,5H2. The summed E-state index contributed by atoms with van der Waals surface area (Å²) in [6.07, 6.45) is 7.65. The minimum absolute atomic E-state index is 0.0488. The highest BCUT2D eigenvalue weighted by atomic mass is 32.2. The molecule has 1 aliphatic rings. The maximum Gasteiger partial charge on any atom is 0.263 e. The van der Waals surface area contributed by atoms with Gasteiger partial charge < -0.3 is 4.98 Å². The first-order valence-electron chi connectivity index (χ1n) is 7.60. The number of benzene rings is 1. The number of H-pyrrole nitrogens is 1. The second kappa shape index (κ2) is 6.49. The van der Waals surface area contributed by atoms with E-state index in [1.807, 2.05) is 0 Å². The Morgan fingerprint density at radius 1 is 1.25 bits per heavy atom. The molecule has 0 amide bonds. The summed E-state index contributed by atoms with van der Waals surface area (Å²) in [5.41, 5.74) is 1.82. The van der Waals surface area contributed by atoms with Crippen molar-refractivity contribution in [1.29, 1.82) is 5.26 Å². The summed E-state index contributed by atoms with van der Waals surface area (Å²) < 4.78 is 40.9. The Morgan fingerprint density at radius 2 is 2.08 bits per heavy atom. The Balaban J connectivity index is 1.85. The van der Waals surface area contributed by atoms with Gasteiger partial charge in [-0.05, 0) is 55.5 Å². The summed E-state index contributed by atoms with van der Waals surface area (Å²) >= 11 is 0. The lowest BCUT2D eigenvalue weighted by Gasteiger charge is -2.10. The van der Waals surface area contributed by atoms with Crippen LogP contribution in [0, 0.1) is 17.1 Å². The Morgan fingerprint density at radius 3 is 2.75 bits per heavy atom. The quantitative estimate of drug-likeness (QED) is 0.884. The van der Waals surface area contributed by atoms with E-state index in [9.17, 15) is 12.8 Å². The van der Waals surface area contributed by atoms with E-state index < -0.39 is 15.8 Å². The minimum Gasteiger partial charge on any atom is -0.360 e. The topological polar surface area (TPSA) is 85.8 Å². The van der Waals surface area contributed by atoms with E-state index in [1.165, 1.54) is 18.3 Å². The molecule has 0 atom stereocenters. The molecule has 0 unspecified atom stereocenters. The third kappa shape index (κ3) is 3.34. The first kappa shape index (κ1) is 16.3. The maximum atomic E-state index is 13.9. The van der Waals surface area contributed by atoms with Crippen LogP contribution in [-0.4, -0.2) is 13.4 Å². The number of halogens is 1. The van der Waals surface area contributed by atoms with Crippen LogP contribution in [-0.2, 0) is 10.0 Å². The van der Waals surface area contributed by atoms with Gasteiger partial charge in [-0.15, -0.1) is 0 Å². The lowest BCUT2D eigenvalue weighted by atomic mass is 9.97. The summed E-state index contributed by atoms with van der Waals surface area (Å²) in [4.78, 5) is 3.02. The van der Waals surface area contributed by atoms with Crippen LogP contribution in [0.3, 0.4) is 0 Å². The smallest absolute Gasteiger partial charge is 0.263 e. The number of hydrogen-bond donors (Lipinski definition) is 2. The molecule has 124 valence electrons. The van der Waals surface area contributed by atoms with Crippen molar-refractivity contribution in [2.24, 2.45) is 0 Å². The first-order valence-corrected chi connectivity index (χ1v) is 9.08. The van der Waals surface area contributed by atoms with Gasteiger partial charge in [0.25, 0.3) is 10.0 Å². The van der Waals surface area contributed by atoms with Gasteiger partial charge >= 0.3 is 0 Å². The van der Waals surface area contributed by atoms with Crippen LogP contribution in [0.2, 0.25) is 0 Å². The highest BCUT2D eigenvalue weighted by Crippen LogP contribution is 2.28. The fourth-order valence-electron chi connectivity index (χ4n) is 2.67. The number of rotatable bonds is 4. The van der Waals surface area contributed by atoms with E-state index in [-0.39, 0.29) is 16.1 Å². The largest absolute Gasteiger partial charge is 0.360 e. The number of nitrogens with one attached hydrogen (secondary N) is 2. The fraction of sp³-hybridized carbons (Fsp3) is 0.235. The highest BCUT2D eigenvalue weighted by molar-refractivity contribution is 7.92. The van der Waals surface area contributed by atoms with E-state index in [0.29, 0.717) is 0 Å². The average molecular weight is 345 g/mol. The van der Waals surface area contributed by atoms with Crippen molar-refractivity contribution in [1.82, 2.24) is 4.98 Å². The molecule has 0 radical (unpaired) electrons. The molecule has 1 aromatic heterocycles. The van der Waals surface area contributed by atoms with Gasteiger partial charge in [-0.3, -0.25) is 4.72 Å². The summed E-state index contributed by atoms with van der Waals surface area (Å²) in [6.45, 7) is 0. The van der Waals surface area contributed by atoms with Crippen LogP contribution in [0.15, 0.2) is 41.4 Å². The molecule has 24 heavy (non-hydrogen) atoms. The van der Waals surface area contributed by atoms with Crippen molar-refractivity contribution >= 4 is 21.3 Å². The van der Waals surface area contributed by atoms with Crippen molar-refractivity contribution in [3.63, 3.8) is 0 Å². The van der Waals surface area contributed by atoms with Gasteiger partial charge in [0.1, 0.15) is 10.7 Å². The zero-order chi connectivity index (χ0) is 17.2. The summed E-state index contributed by atoms with van der Waals surface area (Å²) in [5.74, 6) is -0.789. The number of aromatic amines is 1. The number of aromatic nitrogens is 1. The Labute approximate surface area is 139 Å². The van der Waals surface area contributed by atoms with Crippen molar-refractivity contribution in [2.45, 2.75) is 30.6 Å². The molecule has 0 bridgehead atoms. The molecule has 1 aromatic carbocycles. The van der Waals surface area contributed by atoms with E-state index in [4.69, 9.17) is 5.26 Å². The molecule has 1 aliphatic carbocycles. The van der Waals surface area contributed by atoms with Crippen molar-refractivity contribution in [3.05, 3.63) is 53.6 Å². The normalized spacial score (nSPS) is 14.8.